The number of alkyl halides is 1. The van der Waals surface area contributed by atoms with Gasteiger partial charge >= 0.3 is 0 Å². The summed E-state index contributed by atoms with van der Waals surface area (Å²) in [5.41, 5.74) is 6.95. The summed E-state index contributed by atoms with van der Waals surface area (Å²) >= 11 is 0. The molecule has 1 N–H and O–H groups in total. The van der Waals surface area contributed by atoms with Crippen molar-refractivity contribution < 1.29 is 13.6 Å². The van der Waals surface area contributed by atoms with Gasteiger partial charge in [-0.2, -0.15) is 5.10 Å². The Kier molecular flexibility index (Phi) is 5.56. The van der Waals surface area contributed by atoms with Gasteiger partial charge < -0.3 is 9.88 Å². The zero-order chi connectivity index (χ0) is 24.6. The number of nitrogens with one attached hydrogen (secondary N) is 1. The van der Waals surface area contributed by atoms with Crippen LogP contribution < -0.4 is 5.32 Å². The minimum Gasteiger partial charge on any atom is -0.349 e. The highest BCUT2D eigenvalue weighted by atomic mass is 19.1. The van der Waals surface area contributed by atoms with Gasteiger partial charge in [0.1, 0.15) is 19.0 Å². The standard InChI is InChI=1S/C28H23F2N5O/c29-14-18-1-3-19(4-2-18)20-5-7-22(31-15-20)16-32-27(36)17-34-25-8-6-21(30)13-24(25)23-10-12-35-26(28(23)34)9-11-33-35/h1-9,11,13,15H,10,12,14,16-17H2,(H,32,36). The number of hydrogen-bond acceptors (Lipinski definition) is 3. The molecule has 1 amide bonds. The molecule has 0 spiro atoms. The molecule has 0 unspecified atom stereocenters. The maximum atomic E-state index is 14.1. The Balaban J connectivity index is 1.20. The van der Waals surface area contributed by atoms with E-state index in [1.54, 1.807) is 36.7 Å². The molecule has 1 aliphatic heterocycles. The molecule has 0 radical (unpaired) electrons. The molecule has 3 aromatic heterocycles. The third-order valence-electron chi connectivity index (χ3n) is 6.70. The first-order chi connectivity index (χ1) is 17.6. The van der Waals surface area contributed by atoms with Crippen molar-refractivity contribution in [1.82, 2.24) is 24.6 Å². The van der Waals surface area contributed by atoms with E-state index in [4.69, 9.17) is 0 Å². The largest absolute Gasteiger partial charge is 0.349 e. The van der Waals surface area contributed by atoms with Crippen molar-refractivity contribution in [2.75, 3.05) is 0 Å². The van der Waals surface area contributed by atoms with Crippen LogP contribution in [0.3, 0.4) is 0 Å². The Labute approximate surface area is 206 Å². The number of benzene rings is 2. The van der Waals surface area contributed by atoms with Crippen LogP contribution in [0, 0.1) is 5.82 Å². The van der Waals surface area contributed by atoms with Crippen LogP contribution in [0.15, 0.2) is 73.1 Å². The molecule has 4 heterocycles. The zero-order valence-corrected chi connectivity index (χ0v) is 19.4. The van der Waals surface area contributed by atoms with Gasteiger partial charge in [-0.15, -0.1) is 0 Å². The van der Waals surface area contributed by atoms with Crippen molar-refractivity contribution in [2.24, 2.45) is 0 Å². The van der Waals surface area contributed by atoms with Gasteiger partial charge in [0.2, 0.25) is 5.91 Å². The number of pyridine rings is 1. The predicted molar refractivity (Wildman–Crippen MR) is 133 cm³/mol. The molecule has 0 atom stereocenters. The van der Waals surface area contributed by atoms with Gasteiger partial charge in [0.15, 0.2) is 0 Å². The van der Waals surface area contributed by atoms with E-state index in [0.717, 1.165) is 57.6 Å². The molecule has 0 bridgehead atoms. The number of aryl methyl sites for hydroxylation is 2. The van der Waals surface area contributed by atoms with Crippen LogP contribution in [0.4, 0.5) is 8.78 Å². The molecule has 6 nitrogen and oxygen atoms in total. The summed E-state index contributed by atoms with van der Waals surface area (Å²) in [6, 6.07) is 17.7. The lowest BCUT2D eigenvalue weighted by atomic mass is 10.0. The smallest absolute Gasteiger partial charge is 0.240 e. The molecule has 5 aromatic rings. The highest BCUT2D eigenvalue weighted by Crippen LogP contribution is 2.37. The Morgan fingerprint density at radius 2 is 1.86 bits per heavy atom. The van der Waals surface area contributed by atoms with E-state index in [-0.39, 0.29) is 24.8 Å². The van der Waals surface area contributed by atoms with Gasteiger partial charge in [0.25, 0.3) is 0 Å². The SMILES string of the molecule is O=C(Cn1c2c(c3cc(F)ccc31)CCn1nccc1-2)NCc1ccc(-c2ccc(CF)cc2)cn1. The second kappa shape index (κ2) is 9.03. The second-order valence-corrected chi connectivity index (χ2v) is 8.91. The number of carbonyl (C=O) groups is 1. The van der Waals surface area contributed by atoms with Crippen molar-refractivity contribution in [1.29, 1.82) is 0 Å². The fourth-order valence-electron chi connectivity index (χ4n) is 4.91. The van der Waals surface area contributed by atoms with Crippen LogP contribution in [0.5, 0.6) is 0 Å². The first kappa shape index (κ1) is 22.2. The normalized spacial score (nSPS) is 12.4. The fraction of sp³-hybridized carbons (Fsp3) is 0.179. The molecule has 6 rings (SSSR count). The van der Waals surface area contributed by atoms with Gasteiger partial charge in [0, 0.05) is 35.4 Å². The quantitative estimate of drug-likeness (QED) is 0.368. The number of fused-ring (bicyclic) bond motifs is 5. The number of aromatic nitrogens is 4. The van der Waals surface area contributed by atoms with Crippen LogP contribution in [0.25, 0.3) is 33.4 Å². The van der Waals surface area contributed by atoms with E-state index in [2.05, 4.69) is 15.4 Å². The number of nitrogens with zero attached hydrogens (tertiary/aromatic N) is 4. The molecule has 0 saturated carbocycles. The van der Waals surface area contributed by atoms with E-state index >= 15 is 0 Å². The average molecular weight is 484 g/mol. The first-order valence-electron chi connectivity index (χ1n) is 11.8. The zero-order valence-electron chi connectivity index (χ0n) is 19.4. The third kappa shape index (κ3) is 3.94. The maximum absolute atomic E-state index is 14.1. The molecular formula is C28H23F2N5O. The minimum absolute atomic E-state index is 0.0989. The lowest BCUT2D eigenvalue weighted by molar-refractivity contribution is -0.121. The van der Waals surface area contributed by atoms with E-state index in [0.29, 0.717) is 5.56 Å². The van der Waals surface area contributed by atoms with E-state index < -0.39 is 6.67 Å². The summed E-state index contributed by atoms with van der Waals surface area (Å²) in [6.45, 7) is 0.619. The monoisotopic (exact) mass is 483 g/mol. The molecule has 180 valence electrons. The molecule has 0 fully saturated rings. The number of carbonyl (C=O) groups excluding carboxylic acids is 1. The van der Waals surface area contributed by atoms with Crippen molar-refractivity contribution in [3.05, 3.63) is 95.7 Å². The highest BCUT2D eigenvalue weighted by Gasteiger charge is 2.26. The van der Waals surface area contributed by atoms with Gasteiger partial charge in [-0.25, -0.2) is 8.78 Å². The Morgan fingerprint density at radius 1 is 1.03 bits per heavy atom. The molecular weight excluding hydrogens is 460 g/mol. The number of hydrogen-bond donors (Lipinski definition) is 1. The van der Waals surface area contributed by atoms with Crippen LogP contribution >= 0.6 is 0 Å². The Hall–Kier alpha value is -4.33. The van der Waals surface area contributed by atoms with Crippen molar-refractivity contribution in [2.45, 2.75) is 32.7 Å². The van der Waals surface area contributed by atoms with Gasteiger partial charge in [-0.05, 0) is 53.4 Å². The van der Waals surface area contributed by atoms with Gasteiger partial charge in [-0.3, -0.25) is 14.5 Å². The van der Waals surface area contributed by atoms with Gasteiger partial charge in [-0.1, -0.05) is 30.3 Å². The first-order valence-corrected chi connectivity index (χ1v) is 11.8. The van der Waals surface area contributed by atoms with Crippen molar-refractivity contribution in [3.8, 4) is 22.5 Å². The molecule has 0 saturated heterocycles. The summed E-state index contributed by atoms with van der Waals surface area (Å²) in [6.07, 6.45) is 4.22. The molecule has 1 aliphatic rings. The van der Waals surface area contributed by atoms with E-state index in [1.807, 2.05) is 39.6 Å². The summed E-state index contributed by atoms with van der Waals surface area (Å²) in [5, 5.41) is 8.17. The summed E-state index contributed by atoms with van der Waals surface area (Å²) < 4.78 is 30.7. The molecule has 2 aromatic carbocycles. The van der Waals surface area contributed by atoms with E-state index in [1.165, 1.54) is 6.07 Å². The minimum atomic E-state index is -0.487. The summed E-state index contributed by atoms with van der Waals surface area (Å²) in [5.74, 6) is -0.456. The summed E-state index contributed by atoms with van der Waals surface area (Å²) in [4.78, 5) is 17.5. The number of halogens is 2. The van der Waals surface area contributed by atoms with Crippen molar-refractivity contribution in [3.63, 3.8) is 0 Å². The Morgan fingerprint density at radius 3 is 2.64 bits per heavy atom. The summed E-state index contributed by atoms with van der Waals surface area (Å²) in [7, 11) is 0. The third-order valence-corrected chi connectivity index (χ3v) is 6.70. The molecule has 36 heavy (non-hydrogen) atoms. The maximum Gasteiger partial charge on any atom is 0.240 e. The van der Waals surface area contributed by atoms with Crippen molar-refractivity contribution >= 4 is 16.8 Å². The second-order valence-electron chi connectivity index (χ2n) is 8.91. The van der Waals surface area contributed by atoms with Crippen LogP contribution in [0.2, 0.25) is 0 Å². The number of amides is 1. The van der Waals surface area contributed by atoms with Crippen LogP contribution in [-0.4, -0.2) is 25.2 Å². The molecule has 8 heteroatoms. The topological polar surface area (TPSA) is 64.7 Å². The lowest BCUT2D eigenvalue weighted by Gasteiger charge is -2.18. The average Bonchev–Trinajstić information content (AvgIpc) is 3.50. The Bertz CT molecular complexity index is 1570. The molecule has 0 aliphatic carbocycles. The van der Waals surface area contributed by atoms with Crippen LogP contribution in [0.1, 0.15) is 16.8 Å². The lowest BCUT2D eigenvalue weighted by Crippen LogP contribution is -2.28. The fourth-order valence-corrected chi connectivity index (χ4v) is 4.91. The highest BCUT2D eigenvalue weighted by molar-refractivity contribution is 5.93. The van der Waals surface area contributed by atoms with Crippen LogP contribution in [-0.2, 0) is 37.5 Å². The predicted octanol–water partition coefficient (Wildman–Crippen LogP) is 5.05. The van der Waals surface area contributed by atoms with Gasteiger partial charge in [0.05, 0.1) is 23.6 Å². The number of rotatable bonds is 6. The van der Waals surface area contributed by atoms with E-state index in [9.17, 15) is 13.6 Å².